The average molecular weight is 450 g/mol. The molecular formula is C24H33F6N. The van der Waals surface area contributed by atoms with Gasteiger partial charge in [0.05, 0.1) is 5.56 Å². The van der Waals surface area contributed by atoms with Crippen LogP contribution in [-0.2, 0) is 6.18 Å². The largest absolute Gasteiger partial charge is 0.416 e. The maximum absolute atomic E-state index is 13.0. The molecule has 1 saturated carbocycles. The van der Waals surface area contributed by atoms with Gasteiger partial charge in [-0.15, -0.1) is 0 Å². The van der Waals surface area contributed by atoms with E-state index in [-0.39, 0.29) is 18.5 Å². The minimum atomic E-state index is -4.39. The van der Waals surface area contributed by atoms with Crippen molar-refractivity contribution in [2.75, 3.05) is 6.54 Å². The van der Waals surface area contributed by atoms with E-state index in [1.54, 1.807) is 0 Å². The molecule has 1 aromatic rings. The Morgan fingerprint density at radius 3 is 2.06 bits per heavy atom. The summed E-state index contributed by atoms with van der Waals surface area (Å²) in [6.07, 6.45) is 0.965. The van der Waals surface area contributed by atoms with E-state index in [2.05, 4.69) is 4.90 Å². The van der Waals surface area contributed by atoms with E-state index < -0.39 is 24.3 Å². The summed E-state index contributed by atoms with van der Waals surface area (Å²) in [5.41, 5.74) is 0.0897. The number of likely N-dealkylation sites (tertiary alicyclic amines) is 1. The second-order valence-electron chi connectivity index (χ2n) is 9.26. The molecule has 1 aliphatic carbocycles. The summed E-state index contributed by atoms with van der Waals surface area (Å²) in [5.74, 6) is 0.594. The highest BCUT2D eigenvalue weighted by Crippen LogP contribution is 2.39. The van der Waals surface area contributed by atoms with Crippen molar-refractivity contribution >= 4 is 0 Å². The van der Waals surface area contributed by atoms with Gasteiger partial charge in [0.2, 0.25) is 0 Å². The molecule has 3 rings (SSSR count). The summed E-state index contributed by atoms with van der Waals surface area (Å²) >= 11 is 0. The highest BCUT2D eigenvalue weighted by Gasteiger charge is 2.35. The van der Waals surface area contributed by atoms with Gasteiger partial charge < -0.3 is 0 Å². The minimum Gasteiger partial charge on any atom is -0.293 e. The topological polar surface area (TPSA) is 3.24 Å². The second-order valence-corrected chi connectivity index (χ2v) is 9.26. The standard InChI is InChI=1S/C24H33F6N/c25-23(26,27)16-15-21(14-9-18-6-2-1-3-7-18)31-17-5-4-8-22(31)19-10-12-20(13-11-19)24(28,29)30/h10-13,18,21-22H,1-9,14-17H2/t21-,22+/m1/s1. The maximum atomic E-state index is 13.0. The molecule has 0 unspecified atom stereocenters. The van der Waals surface area contributed by atoms with Crippen LogP contribution in [0.25, 0.3) is 0 Å². The fraction of sp³-hybridized carbons (Fsp3) is 0.750. The fourth-order valence-electron chi connectivity index (χ4n) is 5.35. The lowest BCUT2D eigenvalue weighted by Gasteiger charge is -2.42. The lowest BCUT2D eigenvalue weighted by atomic mass is 9.83. The van der Waals surface area contributed by atoms with Crippen molar-refractivity contribution in [3.05, 3.63) is 35.4 Å². The molecule has 2 atom stereocenters. The molecule has 1 heterocycles. The van der Waals surface area contributed by atoms with E-state index in [0.717, 1.165) is 62.6 Å². The van der Waals surface area contributed by atoms with Gasteiger partial charge in [0.15, 0.2) is 0 Å². The Bertz CT molecular complexity index is 660. The molecule has 31 heavy (non-hydrogen) atoms. The molecule has 1 saturated heterocycles. The van der Waals surface area contributed by atoms with Gasteiger partial charge in [-0.3, -0.25) is 4.90 Å². The lowest BCUT2D eigenvalue weighted by Crippen LogP contribution is -2.42. The van der Waals surface area contributed by atoms with Gasteiger partial charge in [0.1, 0.15) is 0 Å². The van der Waals surface area contributed by atoms with E-state index in [9.17, 15) is 26.3 Å². The van der Waals surface area contributed by atoms with E-state index in [4.69, 9.17) is 0 Å². The zero-order valence-electron chi connectivity index (χ0n) is 17.9. The smallest absolute Gasteiger partial charge is 0.293 e. The molecule has 0 N–H and O–H groups in total. The highest BCUT2D eigenvalue weighted by molar-refractivity contribution is 5.27. The number of piperidine rings is 1. The van der Waals surface area contributed by atoms with Crippen molar-refractivity contribution in [2.24, 2.45) is 5.92 Å². The first-order chi connectivity index (χ1) is 14.6. The summed E-state index contributed by atoms with van der Waals surface area (Å²) in [5, 5.41) is 0. The Balaban J connectivity index is 1.74. The van der Waals surface area contributed by atoms with Crippen LogP contribution in [0.4, 0.5) is 26.3 Å². The molecule has 0 aromatic heterocycles. The number of rotatable bonds is 7. The van der Waals surface area contributed by atoms with Gasteiger partial charge in [-0.2, -0.15) is 26.3 Å². The van der Waals surface area contributed by atoms with Crippen molar-refractivity contribution in [1.29, 1.82) is 0 Å². The van der Waals surface area contributed by atoms with Crippen LogP contribution >= 0.6 is 0 Å². The van der Waals surface area contributed by atoms with Crippen LogP contribution in [0.1, 0.15) is 94.2 Å². The monoisotopic (exact) mass is 449 g/mol. The predicted molar refractivity (Wildman–Crippen MR) is 110 cm³/mol. The summed E-state index contributed by atoms with van der Waals surface area (Å²) in [6.45, 7) is 0.707. The summed E-state index contributed by atoms with van der Waals surface area (Å²) in [6, 6.07) is 4.91. The predicted octanol–water partition coefficient (Wildman–Crippen LogP) is 8.30. The number of hydrogen-bond donors (Lipinski definition) is 0. The van der Waals surface area contributed by atoms with Gasteiger partial charge in [0.25, 0.3) is 0 Å². The van der Waals surface area contributed by atoms with Gasteiger partial charge in [-0.25, -0.2) is 0 Å². The third-order valence-corrected chi connectivity index (χ3v) is 7.03. The van der Waals surface area contributed by atoms with Crippen LogP contribution in [0.5, 0.6) is 0 Å². The molecule has 0 amide bonds. The van der Waals surface area contributed by atoms with Crippen molar-refractivity contribution in [3.63, 3.8) is 0 Å². The van der Waals surface area contributed by atoms with E-state index in [1.165, 1.54) is 31.4 Å². The SMILES string of the molecule is FC(F)(F)CC[C@@H](CCC1CCCCC1)N1CCCC[C@H]1c1ccc(C(F)(F)F)cc1. The summed E-state index contributed by atoms with van der Waals surface area (Å²) in [7, 11) is 0. The van der Waals surface area contributed by atoms with E-state index >= 15 is 0 Å². The van der Waals surface area contributed by atoms with Crippen LogP contribution in [0.3, 0.4) is 0 Å². The third-order valence-electron chi connectivity index (χ3n) is 7.03. The molecule has 1 nitrogen and oxygen atoms in total. The van der Waals surface area contributed by atoms with Gasteiger partial charge in [-0.1, -0.05) is 50.7 Å². The van der Waals surface area contributed by atoms with E-state index in [0.29, 0.717) is 12.5 Å². The molecule has 0 radical (unpaired) electrons. The number of benzene rings is 1. The molecule has 1 aromatic carbocycles. The Labute approximate surface area is 181 Å². The number of hydrogen-bond acceptors (Lipinski definition) is 1. The Hall–Kier alpha value is -1.24. The molecule has 0 bridgehead atoms. The molecule has 2 aliphatic rings. The molecule has 7 heteroatoms. The Kier molecular flexibility index (Phi) is 8.33. The molecular weight excluding hydrogens is 416 g/mol. The number of alkyl halides is 6. The van der Waals surface area contributed by atoms with Crippen LogP contribution in [0, 0.1) is 5.92 Å². The molecule has 1 aliphatic heterocycles. The van der Waals surface area contributed by atoms with Crippen LogP contribution < -0.4 is 0 Å². The average Bonchev–Trinajstić information content (AvgIpc) is 2.73. The van der Waals surface area contributed by atoms with Gasteiger partial charge in [-0.05, 0) is 62.3 Å². The quantitative estimate of drug-likeness (QED) is 0.378. The molecule has 2 fully saturated rings. The van der Waals surface area contributed by atoms with Crippen molar-refractivity contribution in [1.82, 2.24) is 4.90 Å². The van der Waals surface area contributed by atoms with Crippen LogP contribution in [-0.4, -0.2) is 23.7 Å². The number of nitrogens with zero attached hydrogens (tertiary/aromatic N) is 1. The minimum absolute atomic E-state index is 0.0629. The van der Waals surface area contributed by atoms with Crippen molar-refractivity contribution in [3.8, 4) is 0 Å². The zero-order chi connectivity index (χ0) is 22.5. The first-order valence-corrected chi connectivity index (χ1v) is 11.6. The summed E-state index contributed by atoms with van der Waals surface area (Å²) < 4.78 is 77.9. The Morgan fingerprint density at radius 1 is 0.806 bits per heavy atom. The first kappa shape index (κ1) is 24.4. The van der Waals surface area contributed by atoms with Gasteiger partial charge in [0, 0.05) is 18.5 Å². The van der Waals surface area contributed by atoms with Crippen LogP contribution in [0.2, 0.25) is 0 Å². The second kappa shape index (κ2) is 10.6. The molecule has 0 spiro atoms. The Morgan fingerprint density at radius 2 is 1.45 bits per heavy atom. The zero-order valence-corrected chi connectivity index (χ0v) is 17.9. The van der Waals surface area contributed by atoms with Crippen LogP contribution in [0.15, 0.2) is 24.3 Å². The first-order valence-electron chi connectivity index (χ1n) is 11.6. The normalized spacial score (nSPS) is 23.1. The molecule has 176 valence electrons. The van der Waals surface area contributed by atoms with E-state index in [1.807, 2.05) is 0 Å². The summed E-state index contributed by atoms with van der Waals surface area (Å²) in [4.78, 5) is 2.17. The number of halogens is 6. The lowest BCUT2D eigenvalue weighted by molar-refractivity contribution is -0.139. The fourth-order valence-corrected chi connectivity index (χ4v) is 5.35. The maximum Gasteiger partial charge on any atom is 0.416 e. The van der Waals surface area contributed by atoms with Gasteiger partial charge >= 0.3 is 12.4 Å². The third kappa shape index (κ3) is 7.40. The van der Waals surface area contributed by atoms with Crippen molar-refractivity contribution < 1.29 is 26.3 Å². The van der Waals surface area contributed by atoms with Crippen molar-refractivity contribution in [2.45, 2.75) is 101 Å². The highest BCUT2D eigenvalue weighted by atomic mass is 19.4.